The van der Waals surface area contributed by atoms with Gasteiger partial charge in [0.05, 0.1) is 33.1 Å². The third-order valence-corrected chi connectivity index (χ3v) is 4.84. The molecule has 1 aliphatic heterocycles. The molecule has 0 saturated carbocycles. The second kappa shape index (κ2) is 8.86. The number of benzene rings is 1. The summed E-state index contributed by atoms with van der Waals surface area (Å²) < 4.78 is 21.4. The Bertz CT molecular complexity index is 795. The van der Waals surface area contributed by atoms with E-state index in [-0.39, 0.29) is 12.1 Å². The standard InChI is InChI=1S/C20H27N3O5/c1-5-7-14-12-15(22-28-14)16-8-6-9-23(16)20(24)21-13-10-17(25-2)19(27-4)18(11-13)26-3/h10-12,16H,5-9H2,1-4H3,(H,21,24). The topological polar surface area (TPSA) is 86.1 Å². The number of nitrogens with zero attached hydrogens (tertiary/aromatic N) is 2. The molecule has 28 heavy (non-hydrogen) atoms. The maximum Gasteiger partial charge on any atom is 0.322 e. The number of hydrogen-bond donors (Lipinski definition) is 1. The molecule has 8 heteroatoms. The van der Waals surface area contributed by atoms with Crippen molar-refractivity contribution in [2.45, 2.75) is 38.6 Å². The van der Waals surface area contributed by atoms with Crippen LogP contribution < -0.4 is 19.5 Å². The van der Waals surface area contributed by atoms with Gasteiger partial charge < -0.3 is 29.0 Å². The summed E-state index contributed by atoms with van der Waals surface area (Å²) in [7, 11) is 4.62. The van der Waals surface area contributed by atoms with Crippen LogP contribution in [0.2, 0.25) is 0 Å². The average molecular weight is 389 g/mol. The molecule has 1 atom stereocenters. The Morgan fingerprint density at radius 2 is 1.93 bits per heavy atom. The van der Waals surface area contributed by atoms with Crippen LogP contribution in [-0.4, -0.2) is 44.0 Å². The number of aromatic nitrogens is 1. The molecular formula is C20H27N3O5. The number of methoxy groups -OCH3 is 3. The Morgan fingerprint density at radius 3 is 2.54 bits per heavy atom. The van der Waals surface area contributed by atoms with Gasteiger partial charge in [-0.2, -0.15) is 0 Å². The zero-order valence-corrected chi connectivity index (χ0v) is 16.8. The highest BCUT2D eigenvalue weighted by Crippen LogP contribution is 2.40. The summed E-state index contributed by atoms with van der Waals surface area (Å²) in [4.78, 5) is 14.7. The van der Waals surface area contributed by atoms with Crippen LogP contribution >= 0.6 is 0 Å². The zero-order valence-electron chi connectivity index (χ0n) is 16.8. The minimum Gasteiger partial charge on any atom is -0.493 e. The van der Waals surface area contributed by atoms with Crippen LogP contribution in [-0.2, 0) is 6.42 Å². The van der Waals surface area contributed by atoms with Gasteiger partial charge in [0.25, 0.3) is 0 Å². The Kier molecular flexibility index (Phi) is 6.28. The van der Waals surface area contributed by atoms with Gasteiger partial charge in [0.2, 0.25) is 5.75 Å². The summed E-state index contributed by atoms with van der Waals surface area (Å²) in [6.45, 7) is 2.76. The van der Waals surface area contributed by atoms with E-state index in [1.165, 1.54) is 21.3 Å². The van der Waals surface area contributed by atoms with Crippen LogP contribution in [0.4, 0.5) is 10.5 Å². The number of anilines is 1. The van der Waals surface area contributed by atoms with Crippen LogP contribution in [0.25, 0.3) is 0 Å². The Labute approximate surface area is 164 Å². The number of carbonyl (C=O) groups excluding carboxylic acids is 1. The lowest BCUT2D eigenvalue weighted by Gasteiger charge is -2.24. The van der Waals surface area contributed by atoms with Gasteiger partial charge in [-0.25, -0.2) is 4.79 Å². The van der Waals surface area contributed by atoms with Crippen molar-refractivity contribution in [1.29, 1.82) is 0 Å². The van der Waals surface area contributed by atoms with E-state index in [0.717, 1.165) is 37.1 Å². The van der Waals surface area contributed by atoms with E-state index in [2.05, 4.69) is 17.4 Å². The summed E-state index contributed by atoms with van der Waals surface area (Å²) in [5.74, 6) is 2.30. The number of amides is 2. The molecule has 1 unspecified atom stereocenters. The average Bonchev–Trinajstić information content (AvgIpc) is 3.36. The Morgan fingerprint density at radius 1 is 1.21 bits per heavy atom. The van der Waals surface area contributed by atoms with Crippen molar-refractivity contribution >= 4 is 11.7 Å². The molecule has 0 bridgehead atoms. The van der Waals surface area contributed by atoms with Gasteiger partial charge in [0, 0.05) is 31.2 Å². The lowest BCUT2D eigenvalue weighted by Crippen LogP contribution is -2.34. The quantitative estimate of drug-likeness (QED) is 0.770. The number of urea groups is 1. The third kappa shape index (κ3) is 4.00. The number of rotatable bonds is 7. The molecule has 1 saturated heterocycles. The van der Waals surface area contributed by atoms with Crippen molar-refractivity contribution in [3.63, 3.8) is 0 Å². The predicted octanol–water partition coefficient (Wildman–Crippen LogP) is 4.02. The molecule has 3 rings (SSSR count). The second-order valence-corrected chi connectivity index (χ2v) is 6.66. The first-order valence-corrected chi connectivity index (χ1v) is 9.44. The van der Waals surface area contributed by atoms with Crippen molar-refractivity contribution in [2.75, 3.05) is 33.2 Å². The molecular weight excluding hydrogens is 362 g/mol. The fraction of sp³-hybridized carbons (Fsp3) is 0.500. The van der Waals surface area contributed by atoms with E-state index in [0.29, 0.717) is 29.5 Å². The highest BCUT2D eigenvalue weighted by Gasteiger charge is 2.32. The van der Waals surface area contributed by atoms with Crippen LogP contribution in [0.1, 0.15) is 43.7 Å². The molecule has 0 aliphatic carbocycles. The van der Waals surface area contributed by atoms with Crippen molar-refractivity contribution in [3.8, 4) is 17.2 Å². The summed E-state index contributed by atoms with van der Waals surface area (Å²) in [5, 5.41) is 7.11. The van der Waals surface area contributed by atoms with E-state index in [4.69, 9.17) is 18.7 Å². The maximum absolute atomic E-state index is 12.9. The van der Waals surface area contributed by atoms with Gasteiger partial charge >= 0.3 is 6.03 Å². The number of hydrogen-bond acceptors (Lipinski definition) is 6. The molecule has 1 aromatic heterocycles. The number of likely N-dealkylation sites (tertiary alicyclic amines) is 1. The predicted molar refractivity (Wildman–Crippen MR) is 104 cm³/mol. The molecule has 1 aliphatic rings. The van der Waals surface area contributed by atoms with Crippen LogP contribution in [0.5, 0.6) is 17.2 Å². The summed E-state index contributed by atoms with van der Waals surface area (Å²) >= 11 is 0. The van der Waals surface area contributed by atoms with Crippen molar-refractivity contribution in [1.82, 2.24) is 10.1 Å². The van der Waals surface area contributed by atoms with E-state index >= 15 is 0 Å². The SMILES string of the molecule is CCCc1cc(C2CCCN2C(=O)Nc2cc(OC)c(OC)c(OC)c2)no1. The number of carbonyl (C=O) groups is 1. The Hall–Kier alpha value is -2.90. The van der Waals surface area contributed by atoms with E-state index < -0.39 is 0 Å². The van der Waals surface area contributed by atoms with Gasteiger partial charge in [-0.1, -0.05) is 12.1 Å². The lowest BCUT2D eigenvalue weighted by molar-refractivity contribution is 0.204. The van der Waals surface area contributed by atoms with Crippen molar-refractivity contribution in [3.05, 3.63) is 29.7 Å². The highest BCUT2D eigenvalue weighted by molar-refractivity contribution is 5.90. The zero-order chi connectivity index (χ0) is 20.1. The maximum atomic E-state index is 12.9. The first-order chi connectivity index (χ1) is 13.6. The minimum absolute atomic E-state index is 0.0867. The molecule has 2 heterocycles. The fourth-order valence-corrected chi connectivity index (χ4v) is 3.52. The van der Waals surface area contributed by atoms with Gasteiger partial charge in [0.1, 0.15) is 11.5 Å². The largest absolute Gasteiger partial charge is 0.493 e. The van der Waals surface area contributed by atoms with Crippen molar-refractivity contribution < 1.29 is 23.5 Å². The summed E-state index contributed by atoms with van der Waals surface area (Å²) in [6.07, 6.45) is 3.62. The third-order valence-electron chi connectivity index (χ3n) is 4.84. The summed E-state index contributed by atoms with van der Waals surface area (Å²) in [6, 6.07) is 5.09. The first-order valence-electron chi connectivity index (χ1n) is 9.44. The molecule has 2 aromatic rings. The van der Waals surface area contributed by atoms with E-state index in [9.17, 15) is 4.79 Å². The lowest BCUT2D eigenvalue weighted by atomic mass is 10.1. The normalized spacial score (nSPS) is 16.1. The van der Waals surface area contributed by atoms with Gasteiger partial charge in [-0.05, 0) is 19.3 Å². The second-order valence-electron chi connectivity index (χ2n) is 6.66. The number of aryl methyl sites for hydroxylation is 1. The molecule has 0 radical (unpaired) electrons. The van der Waals surface area contributed by atoms with Crippen LogP contribution in [0, 0.1) is 0 Å². The van der Waals surface area contributed by atoms with Gasteiger partial charge in [-0.15, -0.1) is 0 Å². The molecule has 1 N–H and O–H groups in total. The smallest absolute Gasteiger partial charge is 0.322 e. The molecule has 1 fully saturated rings. The van der Waals surface area contributed by atoms with Crippen LogP contribution in [0.15, 0.2) is 22.7 Å². The first kappa shape index (κ1) is 19.9. The van der Waals surface area contributed by atoms with E-state index in [1.54, 1.807) is 17.0 Å². The Balaban J connectivity index is 1.78. The highest BCUT2D eigenvalue weighted by atomic mass is 16.5. The molecule has 1 aromatic carbocycles. The monoisotopic (exact) mass is 389 g/mol. The van der Waals surface area contributed by atoms with Crippen LogP contribution in [0.3, 0.4) is 0 Å². The summed E-state index contributed by atoms with van der Waals surface area (Å²) in [5.41, 5.74) is 1.37. The molecule has 152 valence electrons. The van der Waals surface area contributed by atoms with Crippen molar-refractivity contribution in [2.24, 2.45) is 0 Å². The van der Waals surface area contributed by atoms with Gasteiger partial charge in [0.15, 0.2) is 11.5 Å². The molecule has 8 nitrogen and oxygen atoms in total. The fourth-order valence-electron chi connectivity index (χ4n) is 3.52. The number of ether oxygens (including phenoxy) is 3. The minimum atomic E-state index is -0.197. The van der Waals surface area contributed by atoms with E-state index in [1.807, 2.05) is 6.07 Å². The molecule has 0 spiro atoms. The molecule has 2 amide bonds. The number of nitrogens with one attached hydrogen (secondary N) is 1. The van der Waals surface area contributed by atoms with Gasteiger partial charge in [-0.3, -0.25) is 0 Å².